The molecule has 0 aliphatic carbocycles. The quantitative estimate of drug-likeness (QED) is 0.516. The minimum absolute atomic E-state index is 0.0506. The predicted molar refractivity (Wildman–Crippen MR) is 61.5 cm³/mol. The first-order valence-corrected chi connectivity index (χ1v) is 5.16. The molecule has 0 atom stereocenters. The monoisotopic (exact) mass is 259 g/mol. The van der Waals surface area contributed by atoms with Crippen molar-refractivity contribution >= 4 is 17.7 Å². The highest BCUT2D eigenvalue weighted by molar-refractivity contribution is 5.88. The Kier molecular flexibility index (Phi) is 4.36. The number of anilines is 1. The van der Waals surface area contributed by atoms with Crippen LogP contribution in [0.2, 0.25) is 0 Å². The van der Waals surface area contributed by atoms with Gasteiger partial charge < -0.3 is 10.5 Å². The zero-order valence-electron chi connectivity index (χ0n) is 9.62. The van der Waals surface area contributed by atoms with Crippen LogP contribution < -0.4 is 5.73 Å². The second-order valence-electron chi connectivity index (χ2n) is 3.39. The molecule has 1 aromatic rings. The third-order valence-corrected chi connectivity index (χ3v) is 2.12. The zero-order chi connectivity index (χ0) is 13.8. The molecule has 0 amide bonds. The second-order valence-corrected chi connectivity index (χ2v) is 3.39. The first-order chi connectivity index (χ1) is 8.36. The van der Waals surface area contributed by atoms with Crippen molar-refractivity contribution in [2.45, 2.75) is 13.1 Å². The van der Waals surface area contributed by atoms with E-state index in [9.17, 15) is 18.0 Å². The van der Waals surface area contributed by atoms with Crippen molar-refractivity contribution in [1.82, 2.24) is 0 Å². The van der Waals surface area contributed by atoms with Crippen molar-refractivity contribution in [2.24, 2.45) is 0 Å². The van der Waals surface area contributed by atoms with E-state index in [1.807, 2.05) is 0 Å². The molecule has 0 aromatic heterocycles. The van der Waals surface area contributed by atoms with E-state index in [1.165, 1.54) is 12.1 Å². The number of ether oxygens (including phenoxy) is 1. The van der Waals surface area contributed by atoms with Gasteiger partial charge in [-0.05, 0) is 25.1 Å². The van der Waals surface area contributed by atoms with Gasteiger partial charge in [0.05, 0.1) is 12.2 Å². The SMILES string of the molecule is CCOC(=O)C=Cc1c(N)cccc1C(F)(F)F. The highest BCUT2D eigenvalue weighted by Crippen LogP contribution is 2.34. The number of benzene rings is 1. The van der Waals surface area contributed by atoms with Gasteiger partial charge >= 0.3 is 12.1 Å². The molecule has 0 fully saturated rings. The van der Waals surface area contributed by atoms with Gasteiger partial charge in [-0.15, -0.1) is 0 Å². The summed E-state index contributed by atoms with van der Waals surface area (Å²) in [5.74, 6) is -0.714. The smallest absolute Gasteiger partial charge is 0.417 e. The predicted octanol–water partition coefficient (Wildman–Crippen LogP) is 2.86. The van der Waals surface area contributed by atoms with Gasteiger partial charge in [-0.25, -0.2) is 4.79 Å². The average molecular weight is 259 g/mol. The Morgan fingerprint density at radius 3 is 2.67 bits per heavy atom. The third kappa shape index (κ3) is 3.51. The van der Waals surface area contributed by atoms with Crippen LogP contribution in [-0.2, 0) is 15.7 Å². The molecule has 0 aliphatic heterocycles. The lowest BCUT2D eigenvalue weighted by molar-refractivity contribution is -0.138. The van der Waals surface area contributed by atoms with Crippen LogP contribution in [-0.4, -0.2) is 12.6 Å². The molecule has 98 valence electrons. The number of rotatable bonds is 3. The van der Waals surface area contributed by atoms with Crippen LogP contribution in [0, 0.1) is 0 Å². The van der Waals surface area contributed by atoms with Crippen LogP contribution >= 0.6 is 0 Å². The molecule has 0 spiro atoms. The van der Waals surface area contributed by atoms with Crippen molar-refractivity contribution in [3.05, 3.63) is 35.4 Å². The Labute approximate surface area is 102 Å². The molecule has 0 heterocycles. The van der Waals surface area contributed by atoms with Crippen LogP contribution in [0.3, 0.4) is 0 Å². The molecule has 1 rings (SSSR count). The molecule has 0 saturated carbocycles. The van der Waals surface area contributed by atoms with E-state index >= 15 is 0 Å². The number of halogens is 3. The third-order valence-electron chi connectivity index (χ3n) is 2.12. The molecule has 3 nitrogen and oxygen atoms in total. The topological polar surface area (TPSA) is 52.3 Å². The lowest BCUT2D eigenvalue weighted by Crippen LogP contribution is -2.09. The summed E-state index contributed by atoms with van der Waals surface area (Å²) in [7, 11) is 0. The van der Waals surface area contributed by atoms with Crippen LogP contribution in [0.4, 0.5) is 18.9 Å². The lowest BCUT2D eigenvalue weighted by Gasteiger charge is -2.11. The van der Waals surface area contributed by atoms with E-state index in [1.54, 1.807) is 6.92 Å². The van der Waals surface area contributed by atoms with Gasteiger partial charge in [0.15, 0.2) is 0 Å². The molecular formula is C12H12F3NO2. The summed E-state index contributed by atoms with van der Waals surface area (Å²) < 4.78 is 42.7. The number of hydrogen-bond acceptors (Lipinski definition) is 3. The van der Waals surface area contributed by atoms with E-state index in [2.05, 4.69) is 4.74 Å². The van der Waals surface area contributed by atoms with Gasteiger partial charge in [-0.2, -0.15) is 13.2 Å². The fourth-order valence-electron chi connectivity index (χ4n) is 1.36. The fraction of sp³-hybridized carbons (Fsp3) is 0.250. The Balaban J connectivity index is 3.12. The summed E-state index contributed by atoms with van der Waals surface area (Å²) in [5, 5.41) is 0. The molecule has 6 heteroatoms. The molecule has 2 N–H and O–H groups in total. The minimum Gasteiger partial charge on any atom is -0.463 e. The first kappa shape index (κ1) is 14.1. The highest BCUT2D eigenvalue weighted by atomic mass is 19.4. The number of esters is 1. The molecule has 0 bridgehead atoms. The minimum atomic E-state index is -4.52. The standard InChI is InChI=1S/C12H12F3NO2/c1-2-18-11(17)7-6-8-9(12(13,14)15)4-3-5-10(8)16/h3-7H,2,16H2,1H3. The second kappa shape index (κ2) is 5.57. The van der Waals surface area contributed by atoms with Crippen LogP contribution in [0.1, 0.15) is 18.1 Å². The Hall–Kier alpha value is -1.98. The Bertz CT molecular complexity index is 467. The van der Waals surface area contributed by atoms with Gasteiger partial charge in [-0.1, -0.05) is 6.07 Å². The number of carbonyl (C=O) groups is 1. The molecule has 0 aliphatic rings. The van der Waals surface area contributed by atoms with Crippen LogP contribution in [0.5, 0.6) is 0 Å². The molecule has 1 aromatic carbocycles. The van der Waals surface area contributed by atoms with Crippen molar-refractivity contribution in [1.29, 1.82) is 0 Å². The van der Waals surface area contributed by atoms with Crippen molar-refractivity contribution in [3.8, 4) is 0 Å². The van der Waals surface area contributed by atoms with Crippen molar-refractivity contribution in [2.75, 3.05) is 12.3 Å². The number of carbonyl (C=O) groups excluding carboxylic acids is 1. The maximum Gasteiger partial charge on any atom is 0.417 e. The highest BCUT2D eigenvalue weighted by Gasteiger charge is 2.33. The maximum atomic E-state index is 12.7. The summed E-state index contributed by atoms with van der Waals surface area (Å²) in [6.07, 6.45) is -2.59. The van der Waals surface area contributed by atoms with Gasteiger partial charge in [0.1, 0.15) is 0 Å². The van der Waals surface area contributed by atoms with Gasteiger partial charge in [-0.3, -0.25) is 0 Å². The zero-order valence-corrected chi connectivity index (χ0v) is 9.62. The largest absolute Gasteiger partial charge is 0.463 e. The van der Waals surface area contributed by atoms with E-state index in [-0.39, 0.29) is 17.9 Å². The number of hydrogen-bond donors (Lipinski definition) is 1. The van der Waals surface area contributed by atoms with Crippen molar-refractivity contribution in [3.63, 3.8) is 0 Å². The number of nitrogen functional groups attached to an aromatic ring is 1. The molecule has 18 heavy (non-hydrogen) atoms. The summed E-state index contributed by atoms with van der Waals surface area (Å²) in [6, 6.07) is 3.45. The summed E-state index contributed by atoms with van der Waals surface area (Å²) >= 11 is 0. The molecule has 0 saturated heterocycles. The lowest BCUT2D eigenvalue weighted by atomic mass is 10.0. The summed E-state index contributed by atoms with van der Waals surface area (Å²) in [5.41, 5.74) is 4.30. The van der Waals surface area contributed by atoms with E-state index in [4.69, 9.17) is 5.73 Å². The van der Waals surface area contributed by atoms with Gasteiger partial charge in [0, 0.05) is 17.3 Å². The van der Waals surface area contributed by atoms with E-state index < -0.39 is 17.7 Å². The number of nitrogens with two attached hydrogens (primary N) is 1. The average Bonchev–Trinajstić information content (AvgIpc) is 2.26. The Morgan fingerprint density at radius 1 is 1.44 bits per heavy atom. The van der Waals surface area contributed by atoms with Crippen molar-refractivity contribution < 1.29 is 22.7 Å². The summed E-state index contributed by atoms with van der Waals surface area (Å²) in [4.78, 5) is 11.1. The maximum absolute atomic E-state index is 12.7. The fourth-order valence-corrected chi connectivity index (χ4v) is 1.36. The molecule has 0 radical (unpaired) electrons. The normalized spacial score (nSPS) is 11.8. The van der Waals surface area contributed by atoms with Gasteiger partial charge in [0.25, 0.3) is 0 Å². The van der Waals surface area contributed by atoms with Crippen LogP contribution in [0.15, 0.2) is 24.3 Å². The van der Waals surface area contributed by atoms with Gasteiger partial charge in [0.2, 0.25) is 0 Å². The number of alkyl halides is 3. The first-order valence-electron chi connectivity index (χ1n) is 5.16. The molecular weight excluding hydrogens is 247 g/mol. The summed E-state index contributed by atoms with van der Waals surface area (Å²) in [6.45, 7) is 1.75. The van der Waals surface area contributed by atoms with E-state index in [0.717, 1.165) is 18.2 Å². The molecule has 0 unspecified atom stereocenters. The van der Waals surface area contributed by atoms with E-state index in [0.29, 0.717) is 0 Å². The Morgan fingerprint density at radius 2 is 2.11 bits per heavy atom. The van der Waals surface area contributed by atoms with Crippen LogP contribution in [0.25, 0.3) is 6.08 Å².